The lowest BCUT2D eigenvalue weighted by molar-refractivity contribution is -0.138. The van der Waals surface area contributed by atoms with Gasteiger partial charge in [-0.1, -0.05) is 65.7 Å². The Hall–Kier alpha value is 0.590. The second kappa shape index (κ2) is 5.49. The zero-order chi connectivity index (χ0) is 12.4. The Morgan fingerprint density at radius 2 is 1.62 bits per heavy atom. The number of rotatable bonds is 3. The number of amides is 1. The van der Waals surface area contributed by atoms with Crippen LogP contribution in [0.2, 0.25) is 0 Å². The van der Waals surface area contributed by atoms with E-state index in [9.17, 15) is 9.90 Å². The summed E-state index contributed by atoms with van der Waals surface area (Å²) in [6.07, 6.45) is 5.01. The second-order valence-electron chi connectivity index (χ2n) is 3.89. The van der Waals surface area contributed by atoms with Crippen molar-refractivity contribution in [1.29, 1.82) is 0 Å². The van der Waals surface area contributed by atoms with Crippen molar-refractivity contribution in [1.82, 2.24) is 4.90 Å². The van der Waals surface area contributed by atoms with E-state index in [0.29, 0.717) is 6.41 Å². The van der Waals surface area contributed by atoms with Gasteiger partial charge in [0.2, 0.25) is 6.41 Å². The van der Waals surface area contributed by atoms with Gasteiger partial charge in [-0.05, 0) is 12.8 Å². The standard InChI is InChI=1S/C9H13Cl4NO2/c10-8(11,12)9(13,16)14(6-15)7-4-2-1-3-5-7/h6-7,16H,1-5H2. The molecule has 0 spiro atoms. The summed E-state index contributed by atoms with van der Waals surface area (Å²) in [5.74, 6) is 0. The molecule has 0 aliphatic heterocycles. The van der Waals surface area contributed by atoms with E-state index in [1.807, 2.05) is 0 Å². The van der Waals surface area contributed by atoms with Crippen molar-refractivity contribution in [3.63, 3.8) is 0 Å². The lowest BCUT2D eigenvalue weighted by Crippen LogP contribution is -2.57. The molecule has 1 N–H and O–H groups in total. The van der Waals surface area contributed by atoms with Crippen LogP contribution < -0.4 is 0 Å². The van der Waals surface area contributed by atoms with Gasteiger partial charge in [0.05, 0.1) is 0 Å². The van der Waals surface area contributed by atoms with Crippen LogP contribution in [0.1, 0.15) is 32.1 Å². The summed E-state index contributed by atoms with van der Waals surface area (Å²) in [5.41, 5.74) is 0. The van der Waals surface area contributed by atoms with Crippen molar-refractivity contribution in [3.8, 4) is 0 Å². The minimum absolute atomic E-state index is 0.177. The van der Waals surface area contributed by atoms with Crippen molar-refractivity contribution in [2.45, 2.75) is 47.1 Å². The van der Waals surface area contributed by atoms with E-state index in [4.69, 9.17) is 46.4 Å². The molecule has 0 aromatic heterocycles. The maximum atomic E-state index is 11.0. The predicted octanol–water partition coefficient (Wildman–Crippen LogP) is 3.03. The Morgan fingerprint density at radius 1 is 1.12 bits per heavy atom. The molecule has 0 aromatic rings. The molecule has 0 bridgehead atoms. The number of hydrogen-bond acceptors (Lipinski definition) is 2. The fourth-order valence-electron chi connectivity index (χ4n) is 1.90. The molecule has 0 radical (unpaired) electrons. The third-order valence-corrected chi connectivity index (χ3v) is 4.34. The highest BCUT2D eigenvalue weighted by Gasteiger charge is 2.52. The average Bonchev–Trinajstić information content (AvgIpc) is 2.18. The highest BCUT2D eigenvalue weighted by atomic mass is 35.6. The largest absolute Gasteiger partial charge is 0.355 e. The first kappa shape index (κ1) is 14.7. The molecular weight excluding hydrogens is 296 g/mol. The Morgan fingerprint density at radius 3 is 2.00 bits per heavy atom. The first-order valence-electron chi connectivity index (χ1n) is 5.02. The third-order valence-electron chi connectivity index (χ3n) is 2.78. The van der Waals surface area contributed by atoms with Crippen LogP contribution in [0.5, 0.6) is 0 Å². The van der Waals surface area contributed by atoms with Crippen LogP contribution in [0, 0.1) is 0 Å². The van der Waals surface area contributed by atoms with Crippen molar-refractivity contribution in [2.75, 3.05) is 0 Å². The molecule has 1 saturated carbocycles. The van der Waals surface area contributed by atoms with Gasteiger partial charge in [0.1, 0.15) is 0 Å². The molecule has 1 aliphatic carbocycles. The molecule has 3 nitrogen and oxygen atoms in total. The maximum absolute atomic E-state index is 11.0. The fourth-order valence-corrected chi connectivity index (χ4v) is 2.37. The Bertz CT molecular complexity index is 248. The van der Waals surface area contributed by atoms with Gasteiger partial charge in [-0.3, -0.25) is 9.69 Å². The lowest BCUT2D eigenvalue weighted by atomic mass is 9.94. The molecule has 1 fully saturated rings. The van der Waals surface area contributed by atoms with Gasteiger partial charge in [-0.25, -0.2) is 0 Å². The van der Waals surface area contributed by atoms with E-state index < -0.39 is 8.98 Å². The molecule has 94 valence electrons. The van der Waals surface area contributed by atoms with Crippen LogP contribution in [0.4, 0.5) is 0 Å². The average molecular weight is 309 g/mol. The first-order chi connectivity index (χ1) is 7.30. The van der Waals surface area contributed by atoms with Crippen LogP contribution in [0.25, 0.3) is 0 Å². The number of carbonyl (C=O) groups is 1. The van der Waals surface area contributed by atoms with Crippen LogP contribution >= 0.6 is 46.4 Å². The molecule has 1 amide bonds. The summed E-state index contributed by atoms with van der Waals surface area (Å²) in [5, 5.41) is 7.62. The van der Waals surface area contributed by atoms with Crippen LogP contribution in [-0.2, 0) is 4.79 Å². The van der Waals surface area contributed by atoms with E-state index in [1.54, 1.807) is 0 Å². The first-order valence-corrected chi connectivity index (χ1v) is 6.53. The molecule has 0 saturated heterocycles. The summed E-state index contributed by atoms with van der Waals surface area (Å²) >= 11 is 22.5. The number of alkyl halides is 4. The van der Waals surface area contributed by atoms with Crippen molar-refractivity contribution in [3.05, 3.63) is 0 Å². The SMILES string of the molecule is O=CN(C1CCCCC1)C(O)(Cl)C(Cl)(Cl)Cl. The van der Waals surface area contributed by atoms with E-state index >= 15 is 0 Å². The van der Waals surface area contributed by atoms with Gasteiger partial charge >= 0.3 is 0 Å². The van der Waals surface area contributed by atoms with Crippen LogP contribution in [0.15, 0.2) is 0 Å². The lowest BCUT2D eigenvalue weighted by Gasteiger charge is -2.42. The van der Waals surface area contributed by atoms with Gasteiger partial charge in [0.25, 0.3) is 8.98 Å². The van der Waals surface area contributed by atoms with Gasteiger partial charge in [0.15, 0.2) is 0 Å². The second-order valence-corrected chi connectivity index (χ2v) is 6.70. The number of halogens is 4. The zero-order valence-electron chi connectivity index (χ0n) is 8.50. The molecule has 1 rings (SSSR count). The minimum Gasteiger partial charge on any atom is -0.355 e. The quantitative estimate of drug-likeness (QED) is 0.377. The number of nitrogens with zero attached hydrogens (tertiary/aromatic N) is 1. The molecule has 7 heteroatoms. The monoisotopic (exact) mass is 307 g/mol. The zero-order valence-corrected chi connectivity index (χ0v) is 11.5. The Labute approximate surface area is 115 Å². The van der Waals surface area contributed by atoms with Crippen molar-refractivity contribution in [2.24, 2.45) is 0 Å². The summed E-state index contributed by atoms with van der Waals surface area (Å²) < 4.78 is -2.15. The van der Waals surface area contributed by atoms with Crippen LogP contribution in [0.3, 0.4) is 0 Å². The summed E-state index contributed by atoms with van der Waals surface area (Å²) in [6, 6.07) is -0.177. The highest BCUT2D eigenvalue weighted by Crippen LogP contribution is 2.44. The smallest absolute Gasteiger partial charge is 0.267 e. The fraction of sp³-hybridized carbons (Fsp3) is 0.889. The molecule has 16 heavy (non-hydrogen) atoms. The van der Waals surface area contributed by atoms with Gasteiger partial charge < -0.3 is 5.11 Å². The Balaban J connectivity index is 2.83. The molecule has 1 atom stereocenters. The van der Waals surface area contributed by atoms with Crippen molar-refractivity contribution < 1.29 is 9.90 Å². The number of carbonyl (C=O) groups excluding carboxylic acids is 1. The number of hydrogen-bond donors (Lipinski definition) is 1. The minimum atomic E-state index is -2.30. The van der Waals surface area contributed by atoms with Gasteiger partial charge in [-0.15, -0.1) is 0 Å². The summed E-state index contributed by atoms with van der Waals surface area (Å²) in [7, 11) is 0. The highest BCUT2D eigenvalue weighted by molar-refractivity contribution is 6.70. The van der Waals surface area contributed by atoms with E-state index in [-0.39, 0.29) is 6.04 Å². The summed E-state index contributed by atoms with van der Waals surface area (Å²) in [4.78, 5) is 12.0. The molecule has 0 aromatic carbocycles. The van der Waals surface area contributed by atoms with Gasteiger partial charge in [0, 0.05) is 6.04 Å². The molecule has 1 unspecified atom stereocenters. The predicted molar refractivity (Wildman–Crippen MR) is 65.9 cm³/mol. The molecule has 1 aliphatic rings. The Kier molecular flexibility index (Phi) is 5.03. The maximum Gasteiger partial charge on any atom is 0.267 e. The molecular formula is C9H13Cl4NO2. The van der Waals surface area contributed by atoms with Gasteiger partial charge in [-0.2, -0.15) is 0 Å². The normalized spacial score (nSPS) is 22.6. The topological polar surface area (TPSA) is 40.5 Å². The summed E-state index contributed by atoms with van der Waals surface area (Å²) in [6.45, 7) is 0. The third kappa shape index (κ3) is 3.08. The number of aliphatic hydroxyl groups is 1. The van der Waals surface area contributed by atoms with E-state index in [2.05, 4.69) is 0 Å². The van der Waals surface area contributed by atoms with Crippen molar-refractivity contribution >= 4 is 52.8 Å². The van der Waals surface area contributed by atoms with E-state index in [0.717, 1.165) is 37.0 Å². The van der Waals surface area contributed by atoms with E-state index in [1.165, 1.54) is 0 Å². The molecule has 0 heterocycles. The van der Waals surface area contributed by atoms with Crippen LogP contribution in [-0.4, -0.2) is 31.4 Å².